The fourth-order valence-corrected chi connectivity index (χ4v) is 1.32. The maximum Gasteiger partial charge on any atom is 0.0450 e. The van der Waals surface area contributed by atoms with Crippen molar-refractivity contribution in [1.82, 2.24) is 5.32 Å². The second-order valence-electron chi connectivity index (χ2n) is 3.96. The van der Waals surface area contributed by atoms with Crippen LogP contribution in [0.1, 0.15) is 19.4 Å². The highest BCUT2D eigenvalue weighted by atomic mass is 35.5. The van der Waals surface area contributed by atoms with Crippen molar-refractivity contribution in [3.8, 4) is 0 Å². The highest BCUT2D eigenvalue weighted by Crippen LogP contribution is 2.16. The van der Waals surface area contributed by atoms with E-state index >= 15 is 0 Å². The van der Waals surface area contributed by atoms with Crippen LogP contribution in [0.2, 0.25) is 5.02 Å². The van der Waals surface area contributed by atoms with E-state index in [2.05, 4.69) is 19.2 Å². The molecule has 0 atom stereocenters. The molecule has 14 heavy (non-hydrogen) atoms. The molecule has 0 amide bonds. The van der Waals surface area contributed by atoms with E-state index in [0.717, 1.165) is 17.1 Å². The van der Waals surface area contributed by atoms with E-state index in [-0.39, 0.29) is 5.54 Å². The predicted molar refractivity (Wildman–Crippen MR) is 63.1 cm³/mol. The molecule has 0 aliphatic carbocycles. The summed E-state index contributed by atoms with van der Waals surface area (Å²) in [6.07, 6.45) is 0. The Balaban J connectivity index is 2.58. The predicted octanol–water partition coefficient (Wildman–Crippen LogP) is 3.45. The molecular weight excluding hydrogens is 217 g/mol. The van der Waals surface area contributed by atoms with Crippen molar-refractivity contribution in [3.63, 3.8) is 0 Å². The summed E-state index contributed by atoms with van der Waals surface area (Å²) in [7, 11) is 0. The van der Waals surface area contributed by atoms with Crippen LogP contribution in [0.5, 0.6) is 0 Å². The Morgan fingerprint density at radius 3 is 2.50 bits per heavy atom. The highest BCUT2D eigenvalue weighted by molar-refractivity contribution is 6.31. The lowest BCUT2D eigenvalue weighted by atomic mass is 10.1. The smallest absolute Gasteiger partial charge is 0.0450 e. The number of hydrogen-bond acceptors (Lipinski definition) is 1. The van der Waals surface area contributed by atoms with Crippen LogP contribution in [0.3, 0.4) is 0 Å². The summed E-state index contributed by atoms with van der Waals surface area (Å²) in [5.74, 6) is 0.581. The van der Waals surface area contributed by atoms with Gasteiger partial charge >= 0.3 is 0 Å². The van der Waals surface area contributed by atoms with Crippen molar-refractivity contribution < 1.29 is 0 Å². The van der Waals surface area contributed by atoms with Crippen molar-refractivity contribution in [3.05, 3.63) is 34.9 Å². The third kappa shape index (κ3) is 3.49. The van der Waals surface area contributed by atoms with E-state index in [1.54, 1.807) is 0 Å². The van der Waals surface area contributed by atoms with Gasteiger partial charge in [0, 0.05) is 23.0 Å². The minimum Gasteiger partial charge on any atom is -0.306 e. The summed E-state index contributed by atoms with van der Waals surface area (Å²) in [4.78, 5) is 0. The van der Waals surface area contributed by atoms with Crippen LogP contribution in [0.15, 0.2) is 24.3 Å². The van der Waals surface area contributed by atoms with Gasteiger partial charge in [-0.2, -0.15) is 0 Å². The second kappa shape index (κ2) is 5.01. The lowest BCUT2D eigenvalue weighted by molar-refractivity contribution is 0.429. The van der Waals surface area contributed by atoms with Crippen molar-refractivity contribution >= 4 is 23.2 Å². The minimum atomic E-state index is -0.0548. The Morgan fingerprint density at radius 1 is 1.29 bits per heavy atom. The summed E-state index contributed by atoms with van der Waals surface area (Å²) in [6.45, 7) is 4.88. The Bertz CT molecular complexity index is 297. The van der Waals surface area contributed by atoms with Crippen LogP contribution in [0.4, 0.5) is 0 Å². The zero-order valence-corrected chi connectivity index (χ0v) is 9.99. The van der Waals surface area contributed by atoms with Gasteiger partial charge < -0.3 is 5.32 Å². The Kier molecular flexibility index (Phi) is 4.24. The topological polar surface area (TPSA) is 12.0 Å². The molecule has 0 aliphatic heterocycles. The maximum atomic E-state index is 6.02. The summed E-state index contributed by atoms with van der Waals surface area (Å²) in [5.41, 5.74) is 1.05. The molecule has 1 nitrogen and oxygen atoms in total. The van der Waals surface area contributed by atoms with Crippen LogP contribution in [0, 0.1) is 0 Å². The van der Waals surface area contributed by atoms with E-state index in [4.69, 9.17) is 23.2 Å². The first-order valence-electron chi connectivity index (χ1n) is 4.59. The molecule has 0 bridgehead atoms. The first kappa shape index (κ1) is 11.8. The molecule has 1 aromatic carbocycles. The summed E-state index contributed by atoms with van der Waals surface area (Å²) >= 11 is 11.8. The number of benzene rings is 1. The van der Waals surface area contributed by atoms with Crippen LogP contribution in [-0.4, -0.2) is 11.4 Å². The Labute approximate surface area is 95.4 Å². The molecule has 0 saturated carbocycles. The molecule has 3 heteroatoms. The van der Waals surface area contributed by atoms with Crippen LogP contribution < -0.4 is 5.32 Å². The van der Waals surface area contributed by atoms with Crippen molar-refractivity contribution in [2.45, 2.75) is 25.9 Å². The highest BCUT2D eigenvalue weighted by Gasteiger charge is 2.15. The fraction of sp³-hybridized carbons (Fsp3) is 0.455. The van der Waals surface area contributed by atoms with Gasteiger partial charge in [0.25, 0.3) is 0 Å². The van der Waals surface area contributed by atoms with Gasteiger partial charge in [0.05, 0.1) is 0 Å². The van der Waals surface area contributed by atoms with Crippen LogP contribution in [-0.2, 0) is 6.54 Å². The molecule has 0 fully saturated rings. The molecule has 0 heterocycles. The van der Waals surface area contributed by atoms with E-state index < -0.39 is 0 Å². The van der Waals surface area contributed by atoms with Crippen molar-refractivity contribution in [2.24, 2.45) is 0 Å². The quantitative estimate of drug-likeness (QED) is 0.784. The van der Waals surface area contributed by atoms with Crippen molar-refractivity contribution in [1.29, 1.82) is 0 Å². The average molecular weight is 232 g/mol. The van der Waals surface area contributed by atoms with E-state index in [9.17, 15) is 0 Å². The number of nitrogens with one attached hydrogen (secondary N) is 1. The average Bonchev–Trinajstić information content (AvgIpc) is 2.17. The lowest BCUT2D eigenvalue weighted by Crippen LogP contribution is -2.40. The van der Waals surface area contributed by atoms with Gasteiger partial charge in [0.15, 0.2) is 0 Å². The lowest BCUT2D eigenvalue weighted by Gasteiger charge is -2.23. The van der Waals surface area contributed by atoms with E-state index in [0.29, 0.717) is 5.88 Å². The van der Waals surface area contributed by atoms with E-state index in [1.807, 2.05) is 24.3 Å². The number of halogens is 2. The third-order valence-corrected chi connectivity index (χ3v) is 3.09. The number of rotatable bonds is 4. The summed E-state index contributed by atoms with van der Waals surface area (Å²) < 4.78 is 0. The Morgan fingerprint density at radius 2 is 1.93 bits per heavy atom. The molecule has 0 unspecified atom stereocenters. The fourth-order valence-electron chi connectivity index (χ4n) is 1.02. The second-order valence-corrected chi connectivity index (χ2v) is 4.64. The van der Waals surface area contributed by atoms with Gasteiger partial charge in [-0.05, 0) is 25.5 Å². The zero-order chi connectivity index (χ0) is 10.6. The first-order chi connectivity index (χ1) is 6.55. The minimum absolute atomic E-state index is 0.0548. The standard InChI is InChI=1S/C11H15Cl2N/c1-11(2,8-12)14-7-9-5-3-4-6-10(9)13/h3-6,14H,7-8H2,1-2H3. The largest absolute Gasteiger partial charge is 0.306 e. The molecule has 1 N–H and O–H groups in total. The first-order valence-corrected chi connectivity index (χ1v) is 5.51. The normalized spacial score (nSPS) is 11.7. The molecule has 1 aromatic rings. The van der Waals surface area contributed by atoms with Crippen LogP contribution in [0.25, 0.3) is 0 Å². The molecular formula is C11H15Cl2N. The van der Waals surface area contributed by atoms with E-state index in [1.165, 1.54) is 0 Å². The monoisotopic (exact) mass is 231 g/mol. The third-order valence-electron chi connectivity index (χ3n) is 2.05. The summed E-state index contributed by atoms with van der Waals surface area (Å²) in [5, 5.41) is 4.15. The number of alkyl halides is 1. The SMILES string of the molecule is CC(C)(CCl)NCc1ccccc1Cl. The summed E-state index contributed by atoms with van der Waals surface area (Å²) in [6, 6.07) is 7.82. The number of hydrogen-bond donors (Lipinski definition) is 1. The van der Waals surface area contributed by atoms with Gasteiger partial charge in [-0.15, -0.1) is 11.6 Å². The van der Waals surface area contributed by atoms with Gasteiger partial charge in [-0.3, -0.25) is 0 Å². The molecule has 78 valence electrons. The van der Waals surface area contributed by atoms with Crippen molar-refractivity contribution in [2.75, 3.05) is 5.88 Å². The zero-order valence-electron chi connectivity index (χ0n) is 8.48. The molecule has 0 spiro atoms. The van der Waals surface area contributed by atoms with Gasteiger partial charge in [0.1, 0.15) is 0 Å². The Hall–Kier alpha value is -0.240. The molecule has 1 rings (SSSR count). The molecule has 0 aromatic heterocycles. The van der Waals surface area contributed by atoms with Gasteiger partial charge in [-0.25, -0.2) is 0 Å². The maximum absolute atomic E-state index is 6.02. The molecule has 0 aliphatic rings. The van der Waals surface area contributed by atoms with Gasteiger partial charge in [-0.1, -0.05) is 29.8 Å². The molecule has 0 radical (unpaired) electrons. The molecule has 0 saturated heterocycles. The van der Waals surface area contributed by atoms with Crippen LogP contribution >= 0.6 is 23.2 Å². The van der Waals surface area contributed by atoms with Gasteiger partial charge in [0.2, 0.25) is 0 Å².